The molecule has 19 heavy (non-hydrogen) atoms. The smallest absolute Gasteiger partial charge is 0.317 e. The molecule has 0 unspecified atom stereocenters. The van der Waals surface area contributed by atoms with E-state index in [1.807, 2.05) is 24.9 Å². The largest absolute Gasteiger partial charge is 0.377 e. The average molecular weight is 266 g/mol. The highest BCUT2D eigenvalue weighted by Gasteiger charge is 2.31. The van der Waals surface area contributed by atoms with E-state index in [0.29, 0.717) is 19.1 Å². The minimum absolute atomic E-state index is 0.0400. The summed E-state index contributed by atoms with van der Waals surface area (Å²) in [4.78, 5) is 17.8. The van der Waals surface area contributed by atoms with E-state index in [0.717, 1.165) is 31.2 Å². The van der Waals surface area contributed by atoms with Gasteiger partial charge in [0.05, 0.1) is 0 Å². The van der Waals surface area contributed by atoms with Crippen LogP contribution in [0.25, 0.3) is 0 Å². The normalized spacial score (nSPS) is 15.4. The van der Waals surface area contributed by atoms with Gasteiger partial charge in [-0.05, 0) is 13.8 Å². The Bertz CT molecular complexity index is 438. The maximum absolute atomic E-state index is 11.6. The van der Waals surface area contributed by atoms with Gasteiger partial charge in [-0.15, -0.1) is 0 Å². The zero-order valence-corrected chi connectivity index (χ0v) is 11.8. The van der Waals surface area contributed by atoms with Gasteiger partial charge in [-0.25, -0.2) is 9.78 Å². The zero-order chi connectivity index (χ0) is 13.8. The van der Waals surface area contributed by atoms with Crippen LogP contribution in [0.4, 0.5) is 4.79 Å². The highest BCUT2D eigenvalue weighted by atomic mass is 16.5. The average Bonchev–Trinajstić information content (AvgIpc) is 2.65. The Morgan fingerprint density at radius 3 is 2.95 bits per heavy atom. The highest BCUT2D eigenvalue weighted by Crippen LogP contribution is 2.19. The number of hydrogen-bond acceptors (Lipinski definition) is 3. The summed E-state index contributed by atoms with van der Waals surface area (Å²) in [5, 5.41) is 2.82. The summed E-state index contributed by atoms with van der Waals surface area (Å²) in [6.45, 7) is 7.72. The van der Waals surface area contributed by atoms with Crippen LogP contribution in [0.3, 0.4) is 0 Å². The van der Waals surface area contributed by atoms with E-state index in [9.17, 15) is 4.79 Å². The predicted octanol–water partition coefficient (Wildman–Crippen LogP) is 0.999. The Hall–Kier alpha value is -1.56. The van der Waals surface area contributed by atoms with Crippen LogP contribution < -0.4 is 5.32 Å². The summed E-state index contributed by atoms with van der Waals surface area (Å²) in [5.41, 5.74) is 1.14. The van der Waals surface area contributed by atoms with Crippen LogP contribution in [-0.4, -0.2) is 47.2 Å². The molecule has 1 aromatic rings. The number of urea groups is 1. The van der Waals surface area contributed by atoms with Crippen LogP contribution >= 0.6 is 0 Å². The van der Waals surface area contributed by atoms with E-state index < -0.39 is 0 Å². The van der Waals surface area contributed by atoms with Crippen molar-refractivity contribution in [2.24, 2.45) is 5.92 Å². The number of carbonyl (C=O) groups is 1. The van der Waals surface area contributed by atoms with E-state index >= 15 is 0 Å². The number of likely N-dealkylation sites (tertiary alicyclic amines) is 1. The lowest BCUT2D eigenvalue weighted by atomic mass is 10.0. The van der Waals surface area contributed by atoms with Gasteiger partial charge < -0.3 is 19.5 Å². The summed E-state index contributed by atoms with van der Waals surface area (Å²) < 4.78 is 7.33. The molecule has 0 aromatic carbocycles. The number of aryl methyl sites for hydroxylation is 1. The number of amides is 2. The molecule has 6 nitrogen and oxygen atoms in total. The number of aromatic nitrogens is 2. The van der Waals surface area contributed by atoms with Crippen LogP contribution in [0.15, 0.2) is 6.20 Å². The molecule has 1 aliphatic rings. The zero-order valence-electron chi connectivity index (χ0n) is 11.8. The first-order valence-electron chi connectivity index (χ1n) is 6.68. The molecule has 0 bridgehead atoms. The Balaban J connectivity index is 1.87. The number of hydrogen-bond donors (Lipinski definition) is 1. The second kappa shape index (κ2) is 6.06. The monoisotopic (exact) mass is 266 g/mol. The molecule has 6 heteroatoms. The topological polar surface area (TPSA) is 59.4 Å². The molecule has 0 atom stereocenters. The summed E-state index contributed by atoms with van der Waals surface area (Å²) in [6, 6.07) is 0.0400. The van der Waals surface area contributed by atoms with Crippen molar-refractivity contribution in [1.82, 2.24) is 19.8 Å². The van der Waals surface area contributed by atoms with Crippen molar-refractivity contribution in [2.75, 3.05) is 26.7 Å². The molecule has 0 saturated carbocycles. The molecule has 0 aliphatic carbocycles. The molecule has 0 radical (unpaired) electrons. The molecule has 106 valence electrons. The van der Waals surface area contributed by atoms with Gasteiger partial charge in [0.2, 0.25) is 0 Å². The molecule has 2 amide bonds. The Kier molecular flexibility index (Phi) is 4.42. The minimum atomic E-state index is 0.0400. The second-order valence-electron chi connectivity index (χ2n) is 4.97. The predicted molar refractivity (Wildman–Crippen MR) is 71.8 cm³/mol. The number of nitrogens with one attached hydrogen (secondary N) is 1. The molecule has 1 fully saturated rings. The van der Waals surface area contributed by atoms with E-state index in [4.69, 9.17) is 4.74 Å². The van der Waals surface area contributed by atoms with Gasteiger partial charge in [-0.3, -0.25) is 0 Å². The highest BCUT2D eigenvalue weighted by molar-refractivity contribution is 5.74. The molecular weight excluding hydrogens is 244 g/mol. The Morgan fingerprint density at radius 1 is 1.58 bits per heavy atom. The maximum atomic E-state index is 11.6. The van der Waals surface area contributed by atoms with Crippen LogP contribution in [-0.2, 0) is 17.9 Å². The lowest BCUT2D eigenvalue weighted by Crippen LogP contribution is -2.54. The quantitative estimate of drug-likeness (QED) is 0.865. The second-order valence-corrected chi connectivity index (χ2v) is 4.97. The van der Waals surface area contributed by atoms with Crippen LogP contribution in [0.2, 0.25) is 0 Å². The number of methoxy groups -OCH3 is 1. The molecule has 1 N–H and O–H groups in total. The van der Waals surface area contributed by atoms with E-state index in [-0.39, 0.29) is 6.03 Å². The summed E-state index contributed by atoms with van der Waals surface area (Å²) >= 11 is 0. The van der Waals surface area contributed by atoms with Crippen LogP contribution in [0.1, 0.15) is 18.4 Å². The molecule has 2 heterocycles. The summed E-state index contributed by atoms with van der Waals surface area (Å²) in [6.07, 6.45) is 1.87. The third-order valence-electron chi connectivity index (χ3n) is 3.42. The fraction of sp³-hybridized carbons (Fsp3) is 0.692. The first-order chi connectivity index (χ1) is 9.15. The number of rotatable bonds is 5. The van der Waals surface area contributed by atoms with Crippen molar-refractivity contribution in [2.45, 2.75) is 27.0 Å². The lowest BCUT2D eigenvalue weighted by Gasteiger charge is -2.39. The standard InChI is InChI=1S/C13H22N4O2/c1-4-14-13(18)16-6-11(7-16)8-17-10(2)5-15-12(17)9-19-3/h5,11H,4,6-9H2,1-3H3,(H,14,18). The van der Waals surface area contributed by atoms with Crippen LogP contribution in [0, 0.1) is 12.8 Å². The van der Waals surface area contributed by atoms with Gasteiger partial charge in [0.25, 0.3) is 0 Å². The third-order valence-corrected chi connectivity index (χ3v) is 3.42. The fourth-order valence-electron chi connectivity index (χ4n) is 2.38. The van der Waals surface area contributed by atoms with E-state index in [1.165, 1.54) is 0 Å². The van der Waals surface area contributed by atoms with Gasteiger partial charge in [-0.2, -0.15) is 0 Å². The van der Waals surface area contributed by atoms with Gasteiger partial charge >= 0.3 is 6.03 Å². The SMILES string of the molecule is CCNC(=O)N1CC(Cn2c(C)cnc2COC)C1. The van der Waals surface area contributed by atoms with Crippen molar-refractivity contribution in [3.05, 3.63) is 17.7 Å². The third kappa shape index (κ3) is 3.07. The van der Waals surface area contributed by atoms with Crippen LogP contribution in [0.5, 0.6) is 0 Å². The number of ether oxygens (including phenoxy) is 1. The van der Waals surface area contributed by atoms with Crippen molar-refractivity contribution < 1.29 is 9.53 Å². The van der Waals surface area contributed by atoms with Crippen molar-refractivity contribution in [1.29, 1.82) is 0 Å². The molecular formula is C13H22N4O2. The molecule has 1 saturated heterocycles. The van der Waals surface area contributed by atoms with Crippen molar-refractivity contribution in [3.8, 4) is 0 Å². The van der Waals surface area contributed by atoms with Crippen molar-refractivity contribution in [3.63, 3.8) is 0 Å². The summed E-state index contributed by atoms with van der Waals surface area (Å²) in [5.74, 6) is 1.46. The minimum Gasteiger partial charge on any atom is -0.377 e. The molecule has 0 spiro atoms. The molecule has 1 aromatic heterocycles. The van der Waals surface area contributed by atoms with Gasteiger partial charge in [0.1, 0.15) is 12.4 Å². The van der Waals surface area contributed by atoms with Crippen molar-refractivity contribution >= 4 is 6.03 Å². The fourth-order valence-corrected chi connectivity index (χ4v) is 2.38. The number of imidazole rings is 1. The lowest BCUT2D eigenvalue weighted by molar-refractivity contribution is 0.107. The first-order valence-corrected chi connectivity index (χ1v) is 6.68. The number of nitrogens with zero attached hydrogens (tertiary/aromatic N) is 3. The first kappa shape index (κ1) is 13.9. The van der Waals surface area contributed by atoms with Gasteiger partial charge in [0.15, 0.2) is 0 Å². The van der Waals surface area contributed by atoms with Gasteiger partial charge in [0, 0.05) is 51.1 Å². The summed E-state index contributed by atoms with van der Waals surface area (Å²) in [7, 11) is 1.68. The van der Waals surface area contributed by atoms with E-state index in [1.54, 1.807) is 7.11 Å². The number of carbonyl (C=O) groups excluding carboxylic acids is 1. The molecule has 1 aliphatic heterocycles. The Labute approximate surface area is 113 Å². The molecule has 2 rings (SSSR count). The van der Waals surface area contributed by atoms with E-state index in [2.05, 4.69) is 14.9 Å². The van der Waals surface area contributed by atoms with Gasteiger partial charge in [-0.1, -0.05) is 0 Å². The Morgan fingerprint density at radius 2 is 2.32 bits per heavy atom. The maximum Gasteiger partial charge on any atom is 0.317 e.